The summed E-state index contributed by atoms with van der Waals surface area (Å²) in [5.41, 5.74) is 0.575. The highest BCUT2D eigenvalue weighted by molar-refractivity contribution is 7.94. The Morgan fingerprint density at radius 3 is 2.67 bits per heavy atom. The fourth-order valence-electron chi connectivity index (χ4n) is 1.59. The molecule has 2 heterocycles. The first-order valence-electron chi connectivity index (χ1n) is 5.75. The van der Waals surface area contributed by atoms with Gasteiger partial charge in [-0.25, -0.2) is 8.42 Å². The third-order valence-electron chi connectivity index (χ3n) is 2.63. The average molecular weight is 328 g/mol. The summed E-state index contributed by atoms with van der Waals surface area (Å²) in [6, 6.07) is 4.20. The van der Waals surface area contributed by atoms with Crippen molar-refractivity contribution in [1.29, 1.82) is 0 Å². The Labute approximate surface area is 125 Å². The van der Waals surface area contributed by atoms with Crippen molar-refractivity contribution in [3.05, 3.63) is 40.2 Å². The van der Waals surface area contributed by atoms with E-state index < -0.39 is 14.9 Å². The lowest BCUT2D eigenvalue weighted by Crippen LogP contribution is -2.12. The van der Waals surface area contributed by atoms with Crippen molar-refractivity contribution in [3.63, 3.8) is 0 Å². The molecule has 0 bridgehead atoms. The van der Waals surface area contributed by atoms with Crippen molar-refractivity contribution in [2.24, 2.45) is 0 Å². The van der Waals surface area contributed by atoms with Crippen LogP contribution in [0.1, 0.15) is 5.69 Å². The second kappa shape index (κ2) is 5.66. The van der Waals surface area contributed by atoms with E-state index in [1.54, 1.807) is 25.3 Å². The molecule has 2 aromatic heterocycles. The summed E-state index contributed by atoms with van der Waals surface area (Å²) in [5, 5.41) is 13.7. The van der Waals surface area contributed by atoms with Crippen LogP contribution >= 0.6 is 11.3 Å². The zero-order chi connectivity index (χ0) is 15.6. The highest BCUT2D eigenvalue weighted by Crippen LogP contribution is 2.37. The van der Waals surface area contributed by atoms with Gasteiger partial charge < -0.3 is 5.32 Å². The van der Waals surface area contributed by atoms with Crippen molar-refractivity contribution in [3.8, 4) is 0 Å². The number of nitrogens with one attached hydrogen (secondary N) is 2. The van der Waals surface area contributed by atoms with Crippen LogP contribution in [0.4, 0.5) is 16.4 Å². The number of nitro groups is 1. The molecular formula is C11H12N4O4S2. The van der Waals surface area contributed by atoms with Gasteiger partial charge in [0.15, 0.2) is 5.00 Å². The van der Waals surface area contributed by atoms with Gasteiger partial charge in [0.2, 0.25) is 0 Å². The second-order valence-electron chi connectivity index (χ2n) is 4.03. The van der Waals surface area contributed by atoms with Crippen LogP contribution in [0.25, 0.3) is 0 Å². The predicted molar refractivity (Wildman–Crippen MR) is 80.3 cm³/mol. The average Bonchev–Trinajstić information content (AvgIpc) is 2.86. The van der Waals surface area contributed by atoms with Gasteiger partial charge in [-0.1, -0.05) is 11.3 Å². The topological polar surface area (TPSA) is 114 Å². The number of nitrogens with zero attached hydrogens (tertiary/aromatic N) is 2. The van der Waals surface area contributed by atoms with Crippen LogP contribution in [0.3, 0.4) is 0 Å². The smallest absolute Gasteiger partial charge is 0.304 e. The molecule has 0 fully saturated rings. The summed E-state index contributed by atoms with van der Waals surface area (Å²) in [7, 11) is -2.40. The summed E-state index contributed by atoms with van der Waals surface area (Å²) in [6.45, 7) is 1.66. The Morgan fingerprint density at radius 2 is 2.14 bits per heavy atom. The normalized spacial score (nSPS) is 11.1. The van der Waals surface area contributed by atoms with Gasteiger partial charge in [0.05, 0.1) is 16.3 Å². The molecule has 0 aromatic carbocycles. The number of hydrogen-bond donors (Lipinski definition) is 2. The maximum atomic E-state index is 12.3. The van der Waals surface area contributed by atoms with E-state index in [0.717, 1.165) is 17.4 Å². The predicted octanol–water partition coefficient (Wildman–Crippen LogP) is 2.20. The van der Waals surface area contributed by atoms with Gasteiger partial charge >= 0.3 is 5.69 Å². The molecule has 0 aliphatic rings. The molecule has 0 saturated carbocycles. The molecule has 2 N–H and O–H groups in total. The van der Waals surface area contributed by atoms with Crippen molar-refractivity contribution in [2.45, 2.75) is 11.1 Å². The molecule has 0 spiro atoms. The minimum absolute atomic E-state index is 0.137. The van der Waals surface area contributed by atoms with Gasteiger partial charge in [-0.15, -0.1) is 0 Å². The molecule has 0 aliphatic carbocycles. The number of thiophene rings is 1. The van der Waals surface area contributed by atoms with Crippen molar-refractivity contribution >= 4 is 37.7 Å². The van der Waals surface area contributed by atoms with Crippen LogP contribution in [0.15, 0.2) is 28.6 Å². The summed E-state index contributed by atoms with van der Waals surface area (Å²) in [4.78, 5) is 14.2. The van der Waals surface area contributed by atoms with Crippen LogP contribution in [-0.4, -0.2) is 25.4 Å². The van der Waals surface area contributed by atoms with Crippen LogP contribution in [0.5, 0.6) is 0 Å². The quantitative estimate of drug-likeness (QED) is 0.642. The zero-order valence-electron chi connectivity index (χ0n) is 11.2. The summed E-state index contributed by atoms with van der Waals surface area (Å²) in [5.74, 6) is 0. The number of pyridine rings is 1. The Hall–Kier alpha value is -2.20. The molecule has 2 rings (SSSR count). The minimum atomic E-state index is -3.90. The molecular weight excluding hydrogens is 316 g/mol. The monoisotopic (exact) mass is 328 g/mol. The van der Waals surface area contributed by atoms with E-state index in [2.05, 4.69) is 15.0 Å². The van der Waals surface area contributed by atoms with Crippen molar-refractivity contribution in [1.82, 2.24) is 4.98 Å². The molecule has 21 heavy (non-hydrogen) atoms. The SMILES string of the molecule is CNc1sc(S(=O)(=O)Nc2cccnc2C)cc1[N+](=O)[O-]. The maximum Gasteiger partial charge on any atom is 0.304 e. The first-order chi connectivity index (χ1) is 9.85. The second-order valence-corrected chi connectivity index (χ2v) is 6.99. The molecule has 10 heteroatoms. The van der Waals surface area contributed by atoms with Gasteiger partial charge in [-0.3, -0.25) is 19.8 Å². The number of aromatic nitrogens is 1. The molecule has 0 saturated heterocycles. The highest BCUT2D eigenvalue weighted by atomic mass is 32.2. The lowest BCUT2D eigenvalue weighted by Gasteiger charge is -2.07. The van der Waals surface area contributed by atoms with Crippen LogP contribution in [0, 0.1) is 17.0 Å². The van der Waals surface area contributed by atoms with E-state index in [-0.39, 0.29) is 14.9 Å². The van der Waals surface area contributed by atoms with E-state index in [1.807, 2.05) is 0 Å². The van der Waals surface area contributed by atoms with E-state index in [0.29, 0.717) is 11.4 Å². The summed E-state index contributed by atoms with van der Waals surface area (Å²) >= 11 is 0.796. The van der Waals surface area contributed by atoms with Crippen LogP contribution in [0.2, 0.25) is 0 Å². The first-order valence-corrected chi connectivity index (χ1v) is 8.05. The number of sulfonamides is 1. The largest absolute Gasteiger partial charge is 0.374 e. The zero-order valence-corrected chi connectivity index (χ0v) is 12.8. The third-order valence-corrected chi connectivity index (χ3v) is 5.61. The van der Waals surface area contributed by atoms with Gasteiger partial charge in [-0.05, 0) is 19.1 Å². The van der Waals surface area contributed by atoms with Crippen molar-refractivity contribution in [2.75, 3.05) is 17.1 Å². The Morgan fingerprint density at radius 1 is 1.43 bits per heavy atom. The lowest BCUT2D eigenvalue weighted by molar-refractivity contribution is -0.383. The van der Waals surface area contributed by atoms with E-state index in [4.69, 9.17) is 0 Å². The Balaban J connectivity index is 2.41. The third kappa shape index (κ3) is 3.11. The maximum absolute atomic E-state index is 12.3. The fraction of sp³-hybridized carbons (Fsp3) is 0.182. The summed E-state index contributed by atoms with van der Waals surface area (Å²) < 4.78 is 26.8. The van der Waals surface area contributed by atoms with E-state index in [1.165, 1.54) is 7.05 Å². The molecule has 0 aliphatic heterocycles. The number of anilines is 2. The Kier molecular flexibility index (Phi) is 4.09. The standard InChI is InChI=1S/C11H12N4O4S2/c1-7-8(4-3-5-13-7)14-21(18,19)10-6-9(15(16)17)11(12-2)20-10/h3-6,12,14H,1-2H3. The molecule has 8 nitrogen and oxygen atoms in total. The van der Waals surface area contributed by atoms with Gasteiger partial charge in [0.25, 0.3) is 10.0 Å². The molecule has 0 unspecified atom stereocenters. The van der Waals surface area contributed by atoms with Crippen LogP contribution < -0.4 is 10.0 Å². The van der Waals surface area contributed by atoms with Gasteiger partial charge in [-0.2, -0.15) is 0 Å². The molecule has 112 valence electrons. The Bertz CT molecular complexity index is 785. The van der Waals surface area contributed by atoms with Gasteiger partial charge in [0.1, 0.15) is 4.21 Å². The van der Waals surface area contributed by atoms with Crippen molar-refractivity contribution < 1.29 is 13.3 Å². The van der Waals surface area contributed by atoms with Crippen LogP contribution in [-0.2, 0) is 10.0 Å². The highest BCUT2D eigenvalue weighted by Gasteiger charge is 2.26. The lowest BCUT2D eigenvalue weighted by atomic mass is 10.3. The number of rotatable bonds is 5. The first kappa shape index (κ1) is 15.2. The molecule has 0 amide bonds. The fourth-order valence-corrected chi connectivity index (χ4v) is 3.99. The summed E-state index contributed by atoms with van der Waals surface area (Å²) in [6.07, 6.45) is 1.54. The van der Waals surface area contributed by atoms with Gasteiger partial charge in [0, 0.05) is 19.3 Å². The number of aryl methyl sites for hydroxylation is 1. The van der Waals surface area contributed by atoms with E-state index >= 15 is 0 Å². The molecule has 0 radical (unpaired) electrons. The van der Waals surface area contributed by atoms with E-state index in [9.17, 15) is 18.5 Å². The molecule has 0 atom stereocenters. The minimum Gasteiger partial charge on any atom is -0.374 e. The molecule has 2 aromatic rings. The number of hydrogen-bond acceptors (Lipinski definition) is 7.